The molecule has 0 amide bonds. The second kappa shape index (κ2) is 4.42. The molecule has 0 saturated carbocycles. The van der Waals surface area contributed by atoms with Crippen LogP contribution < -0.4 is 5.73 Å². The summed E-state index contributed by atoms with van der Waals surface area (Å²) in [5.41, 5.74) is 8.81. The first kappa shape index (κ1) is 12.8. The molecular weight excluding hydrogens is 304 g/mol. The first-order chi connectivity index (χ1) is 8.96. The molecule has 0 bridgehead atoms. The molecule has 0 radical (unpaired) electrons. The predicted octanol–water partition coefficient (Wildman–Crippen LogP) is 3.00. The van der Waals surface area contributed by atoms with Crippen molar-refractivity contribution < 1.29 is 0 Å². The van der Waals surface area contributed by atoms with Gasteiger partial charge in [0.1, 0.15) is 0 Å². The average Bonchev–Trinajstić information content (AvgIpc) is 2.72. The molecule has 19 heavy (non-hydrogen) atoms. The molecule has 1 atom stereocenters. The highest BCUT2D eigenvalue weighted by Gasteiger charge is 2.33. The van der Waals surface area contributed by atoms with E-state index in [1.165, 1.54) is 5.69 Å². The molecule has 2 aromatic heterocycles. The molecule has 0 fully saturated rings. The van der Waals surface area contributed by atoms with Crippen LogP contribution in [0.4, 0.5) is 0 Å². The number of fused-ring (bicyclic) bond motifs is 1. The van der Waals surface area contributed by atoms with Crippen molar-refractivity contribution in [2.24, 2.45) is 11.1 Å². The van der Waals surface area contributed by atoms with Gasteiger partial charge in [0, 0.05) is 22.3 Å². The minimum absolute atomic E-state index is 0.0722. The van der Waals surface area contributed by atoms with E-state index >= 15 is 0 Å². The Morgan fingerprint density at radius 2 is 2.16 bits per heavy atom. The van der Waals surface area contributed by atoms with Crippen LogP contribution in [0.15, 0.2) is 29.0 Å². The smallest absolute Gasteiger partial charge is 0.153 e. The Kier molecular flexibility index (Phi) is 2.98. The van der Waals surface area contributed by atoms with E-state index in [9.17, 15) is 0 Å². The third kappa shape index (κ3) is 2.32. The van der Waals surface area contributed by atoms with Crippen molar-refractivity contribution in [1.82, 2.24) is 14.8 Å². The second-order valence-corrected chi connectivity index (χ2v) is 6.86. The van der Waals surface area contributed by atoms with Crippen LogP contribution in [-0.2, 0) is 6.42 Å². The highest BCUT2D eigenvalue weighted by molar-refractivity contribution is 9.10. The highest BCUT2D eigenvalue weighted by Crippen LogP contribution is 2.39. The van der Waals surface area contributed by atoms with Crippen molar-refractivity contribution in [2.45, 2.75) is 32.7 Å². The summed E-state index contributed by atoms with van der Waals surface area (Å²) in [5, 5.41) is 4.47. The van der Waals surface area contributed by atoms with Crippen LogP contribution in [0.1, 0.15) is 37.6 Å². The van der Waals surface area contributed by atoms with Crippen LogP contribution >= 0.6 is 15.9 Å². The monoisotopic (exact) mass is 320 g/mol. The van der Waals surface area contributed by atoms with Crippen LogP contribution in [0.5, 0.6) is 0 Å². The van der Waals surface area contributed by atoms with E-state index in [1.54, 1.807) is 6.20 Å². The lowest BCUT2D eigenvalue weighted by atomic mass is 9.75. The summed E-state index contributed by atoms with van der Waals surface area (Å²) in [6.45, 7) is 4.50. The van der Waals surface area contributed by atoms with Gasteiger partial charge in [-0.25, -0.2) is 9.67 Å². The van der Waals surface area contributed by atoms with Crippen LogP contribution in [0, 0.1) is 5.41 Å². The Bertz CT molecular complexity index is 600. The number of pyridine rings is 1. The summed E-state index contributed by atoms with van der Waals surface area (Å²) < 4.78 is 2.89. The lowest BCUT2D eigenvalue weighted by Gasteiger charge is -2.33. The highest BCUT2D eigenvalue weighted by atomic mass is 79.9. The molecule has 1 unspecified atom stereocenters. The largest absolute Gasteiger partial charge is 0.324 e. The summed E-state index contributed by atoms with van der Waals surface area (Å²) in [5.74, 6) is 0.842. The van der Waals surface area contributed by atoms with E-state index in [0.29, 0.717) is 0 Å². The number of hydrogen-bond acceptors (Lipinski definition) is 3. The van der Waals surface area contributed by atoms with Crippen LogP contribution in [0.2, 0.25) is 0 Å². The van der Waals surface area contributed by atoms with Crippen molar-refractivity contribution in [3.8, 4) is 5.82 Å². The van der Waals surface area contributed by atoms with Gasteiger partial charge in [-0.05, 0) is 46.3 Å². The minimum atomic E-state index is 0.0722. The number of nitrogens with zero attached hydrogens (tertiary/aromatic N) is 3. The zero-order valence-corrected chi connectivity index (χ0v) is 12.7. The molecule has 3 rings (SSSR count). The Morgan fingerprint density at radius 1 is 1.37 bits per heavy atom. The Balaban J connectivity index is 2.08. The van der Waals surface area contributed by atoms with Crippen molar-refractivity contribution in [1.29, 1.82) is 0 Å². The lowest BCUT2D eigenvalue weighted by Crippen LogP contribution is -2.30. The first-order valence-corrected chi connectivity index (χ1v) is 7.20. The fourth-order valence-corrected chi connectivity index (χ4v) is 3.03. The van der Waals surface area contributed by atoms with Crippen molar-refractivity contribution >= 4 is 15.9 Å². The summed E-state index contributed by atoms with van der Waals surface area (Å²) >= 11 is 3.40. The van der Waals surface area contributed by atoms with Gasteiger partial charge in [0.25, 0.3) is 0 Å². The fraction of sp³-hybridized carbons (Fsp3) is 0.429. The van der Waals surface area contributed by atoms with Gasteiger partial charge < -0.3 is 5.73 Å². The lowest BCUT2D eigenvalue weighted by molar-refractivity contribution is 0.277. The summed E-state index contributed by atoms with van der Waals surface area (Å²) in [6, 6.07) is 4.01. The maximum atomic E-state index is 6.26. The molecule has 1 aliphatic carbocycles. The normalized spacial score (nSPS) is 21.2. The van der Waals surface area contributed by atoms with Gasteiger partial charge in [0.15, 0.2) is 5.82 Å². The third-order valence-corrected chi connectivity index (χ3v) is 4.12. The molecule has 100 valence electrons. The second-order valence-electron chi connectivity index (χ2n) is 5.94. The van der Waals surface area contributed by atoms with Gasteiger partial charge in [-0.2, -0.15) is 5.10 Å². The number of aromatic nitrogens is 3. The van der Waals surface area contributed by atoms with Crippen molar-refractivity contribution in [3.63, 3.8) is 0 Å². The predicted molar refractivity (Wildman–Crippen MR) is 78.1 cm³/mol. The van der Waals surface area contributed by atoms with Crippen LogP contribution in [0.25, 0.3) is 5.82 Å². The van der Waals surface area contributed by atoms with Gasteiger partial charge in [0.05, 0.1) is 11.9 Å². The molecule has 0 aromatic carbocycles. The number of hydrogen-bond donors (Lipinski definition) is 1. The van der Waals surface area contributed by atoms with E-state index in [2.05, 4.69) is 39.9 Å². The summed E-state index contributed by atoms with van der Waals surface area (Å²) in [7, 11) is 0. The van der Waals surface area contributed by atoms with Gasteiger partial charge in [0.2, 0.25) is 0 Å². The number of rotatable bonds is 1. The molecule has 0 saturated heterocycles. The van der Waals surface area contributed by atoms with Crippen molar-refractivity contribution in [3.05, 3.63) is 40.3 Å². The molecule has 5 heteroatoms. The van der Waals surface area contributed by atoms with E-state index in [-0.39, 0.29) is 11.5 Å². The van der Waals surface area contributed by atoms with Gasteiger partial charge >= 0.3 is 0 Å². The zero-order valence-electron chi connectivity index (χ0n) is 11.1. The molecule has 0 aliphatic heterocycles. The Morgan fingerprint density at radius 3 is 2.84 bits per heavy atom. The quantitative estimate of drug-likeness (QED) is 0.878. The summed E-state index contributed by atoms with van der Waals surface area (Å²) in [6.07, 6.45) is 5.66. The molecule has 2 N–H and O–H groups in total. The standard InChI is InChI=1S/C14H17BrN4/c1-14(2)5-11(16)10-8-18-19(12(10)6-14)13-4-3-9(15)7-17-13/h3-4,7-8,11H,5-6,16H2,1-2H3. The maximum absolute atomic E-state index is 6.26. The topological polar surface area (TPSA) is 56.7 Å². The van der Waals surface area contributed by atoms with E-state index in [4.69, 9.17) is 5.73 Å². The first-order valence-electron chi connectivity index (χ1n) is 6.41. The zero-order chi connectivity index (χ0) is 13.6. The number of halogens is 1. The van der Waals surface area contributed by atoms with Gasteiger partial charge in [-0.3, -0.25) is 0 Å². The van der Waals surface area contributed by atoms with E-state index in [1.807, 2.05) is 23.0 Å². The SMILES string of the molecule is CC1(C)Cc2c(cnn2-c2ccc(Br)cn2)C(N)C1. The molecular formula is C14H17BrN4. The average molecular weight is 321 g/mol. The Hall–Kier alpha value is -1.20. The van der Waals surface area contributed by atoms with Crippen LogP contribution in [-0.4, -0.2) is 14.8 Å². The number of nitrogens with two attached hydrogens (primary N) is 1. The van der Waals surface area contributed by atoms with Gasteiger partial charge in [-0.1, -0.05) is 13.8 Å². The molecule has 0 spiro atoms. The minimum Gasteiger partial charge on any atom is -0.324 e. The van der Waals surface area contributed by atoms with Gasteiger partial charge in [-0.15, -0.1) is 0 Å². The Labute approximate surface area is 121 Å². The van der Waals surface area contributed by atoms with Crippen LogP contribution in [0.3, 0.4) is 0 Å². The molecule has 2 heterocycles. The fourth-order valence-electron chi connectivity index (χ4n) is 2.79. The molecule has 4 nitrogen and oxygen atoms in total. The van der Waals surface area contributed by atoms with E-state index < -0.39 is 0 Å². The van der Waals surface area contributed by atoms with E-state index in [0.717, 1.165) is 28.7 Å². The molecule has 1 aliphatic rings. The maximum Gasteiger partial charge on any atom is 0.153 e. The van der Waals surface area contributed by atoms with Crippen molar-refractivity contribution in [2.75, 3.05) is 0 Å². The third-order valence-electron chi connectivity index (χ3n) is 3.65. The summed E-state index contributed by atoms with van der Waals surface area (Å²) in [4.78, 5) is 4.41. The molecule has 2 aromatic rings.